The number of amides is 17. The van der Waals surface area contributed by atoms with E-state index in [9.17, 15) is 62.6 Å². The first-order chi connectivity index (χ1) is 64.4. The van der Waals surface area contributed by atoms with Crippen LogP contribution in [-0.4, -0.2) is 302 Å². The smallest absolute Gasteiger partial charge is 0.246 e. The lowest BCUT2D eigenvalue weighted by atomic mass is 9.98. The van der Waals surface area contributed by atoms with E-state index in [0.29, 0.717) is 59.0 Å². The first kappa shape index (κ1) is 107. The molecule has 0 radical (unpaired) electrons. The molecule has 2 fully saturated rings. The number of likely N-dealkylation sites (N-methyl/N-ethyl adjacent to an activating group) is 4. The zero-order chi connectivity index (χ0) is 98.7. The van der Waals surface area contributed by atoms with E-state index in [1.807, 2.05) is 56.3 Å². The molecular formula is C93H129N23O18S. The fourth-order valence-electron chi connectivity index (χ4n) is 16.0. The number of para-hydroxylation sites is 1. The van der Waals surface area contributed by atoms with Gasteiger partial charge in [0.1, 0.15) is 78.5 Å². The molecule has 730 valence electrons. The van der Waals surface area contributed by atoms with Crippen molar-refractivity contribution >= 4 is 129 Å². The van der Waals surface area contributed by atoms with Gasteiger partial charge < -0.3 is 115 Å². The molecule has 2 aliphatic rings. The lowest BCUT2D eigenvalue weighted by molar-refractivity contribution is -0.149. The summed E-state index contributed by atoms with van der Waals surface area (Å²) in [5.74, 6) is -17.1. The number of primary amides is 2. The molecule has 4 heterocycles. The molecule has 21 N–H and O–H groups in total. The highest BCUT2D eigenvalue weighted by molar-refractivity contribution is 8.00. The number of thioether (sulfide) groups is 1. The predicted molar refractivity (Wildman–Crippen MR) is 503 cm³/mol. The molecule has 2 aromatic heterocycles. The number of aromatic nitrogens is 3. The number of carbonyl (C=O) groups excluding carboxylic acids is 17. The molecule has 13 atom stereocenters. The van der Waals surface area contributed by atoms with Crippen molar-refractivity contribution in [3.05, 3.63) is 150 Å². The number of benzene rings is 4. The van der Waals surface area contributed by atoms with Crippen molar-refractivity contribution in [2.45, 2.75) is 216 Å². The number of rotatable bonds is 27. The number of hydrogen-bond donors (Lipinski definition) is 18. The summed E-state index contributed by atoms with van der Waals surface area (Å²) in [6.07, 6.45) is 4.36. The van der Waals surface area contributed by atoms with Gasteiger partial charge in [-0.1, -0.05) is 157 Å². The van der Waals surface area contributed by atoms with Gasteiger partial charge in [0, 0.05) is 102 Å². The molecule has 2 aliphatic heterocycles. The van der Waals surface area contributed by atoms with Gasteiger partial charge in [0.15, 0.2) is 5.96 Å². The Morgan fingerprint density at radius 3 is 1.72 bits per heavy atom. The maximum absolute atomic E-state index is 15.7. The van der Waals surface area contributed by atoms with Crippen molar-refractivity contribution in [3.63, 3.8) is 0 Å². The maximum Gasteiger partial charge on any atom is 0.246 e. The minimum absolute atomic E-state index is 0.000147. The number of nitrogens with one attached hydrogen (secondary N) is 14. The molecule has 42 heteroatoms. The number of nitrogens with two attached hydrogens (primary N) is 3. The van der Waals surface area contributed by atoms with Gasteiger partial charge in [0.25, 0.3) is 0 Å². The van der Waals surface area contributed by atoms with E-state index in [2.05, 4.69) is 73.4 Å². The van der Waals surface area contributed by atoms with Crippen LogP contribution in [0.15, 0.2) is 128 Å². The Bertz CT molecular complexity index is 5110. The fraction of sp³-hybridized carbons (Fsp3) is 0.495. The largest absolute Gasteiger partial charge is 0.394 e. The van der Waals surface area contributed by atoms with Crippen molar-refractivity contribution in [2.75, 3.05) is 72.5 Å². The van der Waals surface area contributed by atoms with E-state index in [1.54, 1.807) is 86.8 Å². The number of guanidine groups is 1. The predicted octanol–water partition coefficient (Wildman–Crippen LogP) is -0.952. The van der Waals surface area contributed by atoms with Crippen molar-refractivity contribution in [2.24, 2.45) is 23.1 Å². The minimum atomic E-state index is -1.85. The number of H-pyrrole nitrogens is 2. The molecular weight excluding hydrogens is 1760 g/mol. The Labute approximate surface area is 788 Å². The second kappa shape index (κ2) is 52.6. The summed E-state index contributed by atoms with van der Waals surface area (Å²) in [5.41, 5.74) is 21.1. The molecule has 41 nitrogen and oxygen atoms in total. The topological polar surface area (TPSA) is 605 Å². The number of carbonyl (C=O) groups is 17. The van der Waals surface area contributed by atoms with Gasteiger partial charge in [0.05, 0.1) is 38.2 Å². The van der Waals surface area contributed by atoms with E-state index in [-0.39, 0.29) is 89.6 Å². The molecule has 0 spiro atoms. The van der Waals surface area contributed by atoms with Gasteiger partial charge in [-0.3, -0.25) is 86.9 Å². The Balaban J connectivity index is 1.19. The Morgan fingerprint density at radius 2 is 1.09 bits per heavy atom. The van der Waals surface area contributed by atoms with Crippen LogP contribution in [0.25, 0.3) is 22.0 Å². The molecule has 5 unspecified atom stereocenters. The quantitative estimate of drug-likeness (QED) is 0.0168. The highest BCUT2D eigenvalue weighted by atomic mass is 32.2. The van der Waals surface area contributed by atoms with Crippen LogP contribution in [0.4, 0.5) is 0 Å². The van der Waals surface area contributed by atoms with Gasteiger partial charge in [-0.15, -0.1) is 11.8 Å². The summed E-state index contributed by atoms with van der Waals surface area (Å²) in [5, 5.41) is 48.9. The molecule has 135 heavy (non-hydrogen) atoms. The molecule has 6 aromatic rings. The van der Waals surface area contributed by atoms with Crippen LogP contribution >= 0.6 is 11.8 Å². The summed E-state index contributed by atoms with van der Waals surface area (Å²) in [6.45, 7) is 5.93. The monoisotopic (exact) mass is 1890 g/mol. The van der Waals surface area contributed by atoms with Crippen LogP contribution < -0.4 is 75.7 Å². The van der Waals surface area contributed by atoms with Gasteiger partial charge in [-0.25, -0.2) is 4.98 Å². The number of aliphatic hydroxyl groups is 1. The fourth-order valence-corrected chi connectivity index (χ4v) is 16.8. The number of imidazole rings is 1. The van der Waals surface area contributed by atoms with Gasteiger partial charge in [-0.2, -0.15) is 0 Å². The van der Waals surface area contributed by atoms with Crippen molar-refractivity contribution < 1.29 is 86.6 Å². The van der Waals surface area contributed by atoms with Crippen LogP contribution in [0.1, 0.15) is 134 Å². The van der Waals surface area contributed by atoms with Crippen LogP contribution in [0.3, 0.4) is 0 Å². The molecule has 0 bridgehead atoms. The Kier molecular flexibility index (Phi) is 41.5. The average molecular weight is 1890 g/mol. The third-order valence-corrected chi connectivity index (χ3v) is 24.6. The molecule has 0 aliphatic carbocycles. The van der Waals surface area contributed by atoms with Crippen molar-refractivity contribution in [3.8, 4) is 11.1 Å². The molecule has 8 rings (SSSR count). The van der Waals surface area contributed by atoms with E-state index in [1.165, 1.54) is 47.6 Å². The van der Waals surface area contributed by atoms with Crippen LogP contribution in [0.5, 0.6) is 0 Å². The summed E-state index contributed by atoms with van der Waals surface area (Å²) in [6, 6.07) is 12.3. The second-order valence-electron chi connectivity index (χ2n) is 34.4. The number of fused-ring (bicyclic) bond motifs is 2. The summed E-state index contributed by atoms with van der Waals surface area (Å²) in [7, 11) is 5.26. The third-order valence-electron chi connectivity index (χ3n) is 23.5. The number of nitrogens with zero attached hydrogens (tertiary/aromatic N) is 6. The third kappa shape index (κ3) is 32.0. The van der Waals surface area contributed by atoms with E-state index < -0.39 is 223 Å². The van der Waals surface area contributed by atoms with E-state index in [4.69, 9.17) is 22.6 Å². The van der Waals surface area contributed by atoms with Gasteiger partial charge in [0.2, 0.25) is 100 Å². The lowest BCUT2D eigenvalue weighted by Crippen LogP contribution is -2.61. The maximum atomic E-state index is 15.7. The highest BCUT2D eigenvalue weighted by Gasteiger charge is 2.44. The Hall–Kier alpha value is -13.8. The van der Waals surface area contributed by atoms with Crippen LogP contribution in [0, 0.1) is 11.3 Å². The van der Waals surface area contributed by atoms with Crippen molar-refractivity contribution in [1.82, 2.24) is 97.9 Å². The van der Waals surface area contributed by atoms with E-state index in [0.717, 1.165) is 47.4 Å². The molecule has 0 saturated carbocycles. The number of aromatic amines is 2. The standard InChI is InChI=1S/C93H129N23O18S/c1-10-12-31-73-86(128)105-64(30-22-38-99-93(96)97)82(124)111-72(81(123)101-48-77(95)119)51-135-52-79(121)104-68(41-56-24-16-14-17-25-56)89(131)113(7)55(5)80(122)107-70(45-76(94)118)91(133)116-39-23-33-74(116)87(129)106-66(44-61-47-98-53-102-61)84(126)108-67(40-54(3)4)88(130)112(6)49-78(120)103-65(43-60-46-100-63-29-21-20-28-62(60)63)83(125)110-71(50-117)85(127)109-69(90(132)115(9)75(32-13-11-2)92(134)114(73)8)42-57-34-36-59(37-35-57)58-26-18-15-19-27-58/h14-21,24-29,34-37,46-47,53-55,64-75,100,117H,10-13,22-23,30-33,38-45,48-52H2,1-9H3,(H2,94,118)(H2,95,119)(H,98,102)(H,101,123)(H,103,120)(H,104,121)(H,105,128)(H,106,129)(H,107,122)(H,108,126)(H,109,127)(H,110,125)(H,111,124)(H4,96,97,99)/t55-,64?,65-,66-,67?,68?,69?,70-,71-,72-,73-,74?,75-/m0/s1. The Morgan fingerprint density at radius 1 is 0.533 bits per heavy atom. The SMILES string of the molecule is CCCC[C@H]1C(=O)N(C)[C@@H](CCCC)C(=O)NC(CCCNC(=N)N)C(=O)N[C@H](C(=O)NCC(N)=O)CSCC(=O)NC(Cc2ccccc2)C(=O)N(C)[C@@H](C)C(=O)N[C@@H](CC(N)=O)C(=O)N2CCCC2C(=O)N[C@@H](Cc2cnc[nH]2)C(=O)NC(CC(C)C)C(=O)N(C)CC(=O)N[C@@H](Cc2c[nH]c3ccccc23)C(=O)N[C@@H](CO)C(=O)NC(Cc2ccc(-c3ccccc3)cc2)C(=O)N1C. The second-order valence-corrected chi connectivity index (χ2v) is 35.4. The summed E-state index contributed by atoms with van der Waals surface area (Å²) >= 11 is 0.795. The van der Waals surface area contributed by atoms with E-state index >= 15 is 24.0 Å². The zero-order valence-corrected chi connectivity index (χ0v) is 78.5. The van der Waals surface area contributed by atoms with Crippen molar-refractivity contribution in [1.29, 1.82) is 5.41 Å². The minimum Gasteiger partial charge on any atom is -0.394 e. The molecule has 2 saturated heterocycles. The molecule has 17 amide bonds. The average Bonchev–Trinajstić information content (AvgIpc) is 1.80. The van der Waals surface area contributed by atoms with Gasteiger partial charge in [-0.05, 0) is 91.7 Å². The summed E-state index contributed by atoms with van der Waals surface area (Å²) < 4.78 is 0. The lowest BCUT2D eigenvalue weighted by Gasteiger charge is -2.36. The first-order valence-electron chi connectivity index (χ1n) is 45.3. The number of aliphatic hydroxyl groups excluding tert-OH is 1. The van der Waals surface area contributed by atoms with Crippen LogP contribution in [0.2, 0.25) is 0 Å². The number of hydrogen-bond acceptors (Lipinski definition) is 21. The molecule has 4 aromatic carbocycles. The summed E-state index contributed by atoms with van der Waals surface area (Å²) in [4.78, 5) is 264. The zero-order valence-electron chi connectivity index (χ0n) is 77.7. The first-order valence-corrected chi connectivity index (χ1v) is 46.4. The number of unbranched alkanes of at least 4 members (excludes halogenated alkanes) is 2. The normalized spacial score (nSPS) is 23.2. The van der Waals surface area contributed by atoms with Crippen LogP contribution in [-0.2, 0) is 107 Å². The van der Waals surface area contributed by atoms with Gasteiger partial charge >= 0.3 is 0 Å². The highest BCUT2D eigenvalue weighted by Crippen LogP contribution is 2.26.